The number of carbonyl (C=O) groups excluding carboxylic acids is 1. The van der Waals surface area contributed by atoms with E-state index < -0.39 is 5.82 Å². The molecule has 0 aliphatic carbocycles. The van der Waals surface area contributed by atoms with Crippen LogP contribution >= 0.6 is 0 Å². The molecule has 0 fully saturated rings. The summed E-state index contributed by atoms with van der Waals surface area (Å²) in [7, 11) is 1.90. The topological polar surface area (TPSA) is 51.2 Å². The van der Waals surface area contributed by atoms with Gasteiger partial charge >= 0.3 is 0 Å². The Balaban J connectivity index is 2.17. The highest BCUT2D eigenvalue weighted by atomic mass is 19.1. The third-order valence-electron chi connectivity index (χ3n) is 3.32. The summed E-state index contributed by atoms with van der Waals surface area (Å²) in [4.78, 5) is 15.2. The minimum atomic E-state index is -0.520. The molecule has 0 spiro atoms. The lowest BCUT2D eigenvalue weighted by Crippen LogP contribution is -2.12. The average molecular weight is 302 g/mol. The van der Waals surface area contributed by atoms with Crippen LogP contribution in [0.15, 0.2) is 30.3 Å². The average Bonchev–Trinajstić information content (AvgIpc) is 2.52. The molecule has 0 amide bonds. The van der Waals surface area contributed by atoms with Crippen LogP contribution in [0.2, 0.25) is 0 Å². The van der Waals surface area contributed by atoms with E-state index in [1.165, 1.54) is 12.1 Å². The van der Waals surface area contributed by atoms with Crippen molar-refractivity contribution in [2.24, 2.45) is 0 Å². The largest absolute Gasteiger partial charge is 0.478 e. The van der Waals surface area contributed by atoms with Crippen molar-refractivity contribution in [3.63, 3.8) is 0 Å². The Bertz CT molecular complexity index is 659. The lowest BCUT2D eigenvalue weighted by atomic mass is 10.0. The zero-order valence-electron chi connectivity index (χ0n) is 12.7. The Kier molecular flexibility index (Phi) is 5.61. The molecule has 22 heavy (non-hydrogen) atoms. The number of nitrogens with one attached hydrogen (secondary N) is 1. The zero-order chi connectivity index (χ0) is 15.9. The van der Waals surface area contributed by atoms with Crippen molar-refractivity contribution in [1.29, 1.82) is 0 Å². The maximum absolute atomic E-state index is 13.4. The van der Waals surface area contributed by atoms with Gasteiger partial charge in [0.1, 0.15) is 5.82 Å². The van der Waals surface area contributed by atoms with E-state index in [2.05, 4.69) is 10.3 Å². The number of ether oxygens (including phenoxy) is 1. The van der Waals surface area contributed by atoms with Gasteiger partial charge in [-0.3, -0.25) is 4.79 Å². The SMILES string of the molecule is CNCCCOc1ccc(-c2ccc(F)c(C=O)c2)c(C)n1. The summed E-state index contributed by atoms with van der Waals surface area (Å²) in [5.41, 5.74) is 2.43. The molecule has 0 aliphatic rings. The molecular weight excluding hydrogens is 283 g/mol. The standard InChI is InChI=1S/C17H19FN2O2/c1-12-15(13-4-6-16(18)14(10-13)11-21)5-7-17(20-12)22-9-3-8-19-2/h4-7,10-11,19H,3,8-9H2,1-2H3. The van der Waals surface area contributed by atoms with Crippen LogP contribution in [0.3, 0.4) is 0 Å². The summed E-state index contributed by atoms with van der Waals surface area (Å²) in [6.07, 6.45) is 1.42. The smallest absolute Gasteiger partial charge is 0.213 e. The zero-order valence-corrected chi connectivity index (χ0v) is 12.7. The molecule has 116 valence electrons. The van der Waals surface area contributed by atoms with Crippen molar-refractivity contribution in [2.45, 2.75) is 13.3 Å². The lowest BCUT2D eigenvalue weighted by Gasteiger charge is -2.10. The van der Waals surface area contributed by atoms with Gasteiger partial charge < -0.3 is 10.1 Å². The number of pyridine rings is 1. The van der Waals surface area contributed by atoms with Gasteiger partial charge in [-0.1, -0.05) is 6.07 Å². The lowest BCUT2D eigenvalue weighted by molar-refractivity contribution is 0.112. The van der Waals surface area contributed by atoms with Crippen molar-refractivity contribution in [2.75, 3.05) is 20.2 Å². The highest BCUT2D eigenvalue weighted by molar-refractivity contribution is 5.79. The van der Waals surface area contributed by atoms with Crippen LogP contribution in [0.1, 0.15) is 22.5 Å². The molecular formula is C17H19FN2O2. The number of aldehydes is 1. The van der Waals surface area contributed by atoms with Gasteiger partial charge in [0.15, 0.2) is 6.29 Å². The van der Waals surface area contributed by atoms with Crippen LogP contribution in [-0.2, 0) is 0 Å². The summed E-state index contributed by atoms with van der Waals surface area (Å²) in [6.45, 7) is 3.35. The van der Waals surface area contributed by atoms with Gasteiger partial charge in [0, 0.05) is 17.3 Å². The van der Waals surface area contributed by atoms with Gasteiger partial charge in [-0.05, 0) is 50.7 Å². The van der Waals surface area contributed by atoms with Crippen molar-refractivity contribution in [1.82, 2.24) is 10.3 Å². The first-order valence-corrected chi connectivity index (χ1v) is 7.16. The van der Waals surface area contributed by atoms with Crippen LogP contribution < -0.4 is 10.1 Å². The quantitative estimate of drug-likeness (QED) is 0.631. The summed E-state index contributed by atoms with van der Waals surface area (Å²) >= 11 is 0. The fourth-order valence-electron chi connectivity index (χ4n) is 2.15. The molecule has 0 unspecified atom stereocenters. The number of halogens is 1. The highest BCUT2D eigenvalue weighted by Gasteiger charge is 2.08. The van der Waals surface area contributed by atoms with E-state index in [-0.39, 0.29) is 5.56 Å². The van der Waals surface area contributed by atoms with Crippen molar-refractivity contribution >= 4 is 6.29 Å². The molecule has 1 heterocycles. The molecule has 1 N–H and O–H groups in total. The summed E-state index contributed by atoms with van der Waals surface area (Å²) in [5, 5.41) is 3.05. The molecule has 2 rings (SSSR count). The van der Waals surface area contributed by atoms with E-state index >= 15 is 0 Å². The monoisotopic (exact) mass is 302 g/mol. The van der Waals surface area contributed by atoms with Gasteiger partial charge in [-0.25, -0.2) is 9.37 Å². The van der Waals surface area contributed by atoms with Crippen LogP contribution in [0.5, 0.6) is 5.88 Å². The Morgan fingerprint density at radius 1 is 1.32 bits per heavy atom. The van der Waals surface area contributed by atoms with E-state index in [4.69, 9.17) is 4.74 Å². The first-order chi connectivity index (χ1) is 10.7. The Hall–Kier alpha value is -2.27. The number of benzene rings is 1. The van der Waals surface area contributed by atoms with E-state index in [9.17, 15) is 9.18 Å². The number of hydrogen-bond acceptors (Lipinski definition) is 4. The number of hydrogen-bond donors (Lipinski definition) is 1. The molecule has 0 radical (unpaired) electrons. The molecule has 0 saturated carbocycles. The van der Waals surface area contributed by atoms with E-state index in [1.807, 2.05) is 20.0 Å². The van der Waals surface area contributed by atoms with E-state index in [0.29, 0.717) is 18.8 Å². The van der Waals surface area contributed by atoms with Crippen LogP contribution in [0.4, 0.5) is 4.39 Å². The second-order valence-electron chi connectivity index (χ2n) is 4.94. The minimum absolute atomic E-state index is 0.0456. The molecule has 1 aromatic heterocycles. The van der Waals surface area contributed by atoms with Gasteiger partial charge in [-0.2, -0.15) is 0 Å². The third kappa shape index (κ3) is 3.89. The molecule has 0 atom stereocenters. The second-order valence-corrected chi connectivity index (χ2v) is 4.94. The molecule has 2 aromatic rings. The van der Waals surface area contributed by atoms with Crippen LogP contribution in [0, 0.1) is 12.7 Å². The maximum Gasteiger partial charge on any atom is 0.213 e. The van der Waals surface area contributed by atoms with Crippen molar-refractivity contribution < 1.29 is 13.9 Å². The number of rotatable bonds is 7. The predicted molar refractivity (Wildman–Crippen MR) is 83.8 cm³/mol. The number of nitrogens with zero attached hydrogens (tertiary/aromatic N) is 1. The van der Waals surface area contributed by atoms with Crippen molar-refractivity contribution in [3.8, 4) is 17.0 Å². The summed E-state index contributed by atoms with van der Waals surface area (Å²) in [5.74, 6) is 0.0453. The minimum Gasteiger partial charge on any atom is -0.478 e. The molecule has 0 saturated heterocycles. The molecule has 1 aromatic carbocycles. The normalized spacial score (nSPS) is 10.5. The van der Waals surface area contributed by atoms with Crippen molar-refractivity contribution in [3.05, 3.63) is 47.4 Å². The highest BCUT2D eigenvalue weighted by Crippen LogP contribution is 2.25. The Morgan fingerprint density at radius 2 is 2.14 bits per heavy atom. The maximum atomic E-state index is 13.4. The van der Waals surface area contributed by atoms with Gasteiger partial charge in [-0.15, -0.1) is 0 Å². The van der Waals surface area contributed by atoms with E-state index in [1.54, 1.807) is 12.1 Å². The third-order valence-corrected chi connectivity index (χ3v) is 3.32. The number of carbonyl (C=O) groups is 1. The summed E-state index contributed by atoms with van der Waals surface area (Å²) < 4.78 is 19.0. The Morgan fingerprint density at radius 3 is 2.82 bits per heavy atom. The first-order valence-electron chi connectivity index (χ1n) is 7.16. The molecule has 0 bridgehead atoms. The number of aromatic nitrogens is 1. The molecule has 4 nitrogen and oxygen atoms in total. The van der Waals surface area contributed by atoms with Gasteiger partial charge in [0.05, 0.1) is 12.2 Å². The summed E-state index contributed by atoms with van der Waals surface area (Å²) in [6, 6.07) is 8.11. The molecule has 0 aliphatic heterocycles. The first kappa shape index (κ1) is 16.1. The fraction of sp³-hybridized carbons (Fsp3) is 0.294. The predicted octanol–water partition coefficient (Wildman–Crippen LogP) is 3.00. The van der Waals surface area contributed by atoms with Crippen LogP contribution in [0.25, 0.3) is 11.1 Å². The Labute approximate surface area is 129 Å². The second kappa shape index (κ2) is 7.66. The van der Waals surface area contributed by atoms with E-state index in [0.717, 1.165) is 29.8 Å². The molecule has 5 heteroatoms. The van der Waals surface area contributed by atoms with Gasteiger partial charge in [0.25, 0.3) is 0 Å². The fourth-order valence-corrected chi connectivity index (χ4v) is 2.15. The van der Waals surface area contributed by atoms with Crippen LogP contribution in [-0.4, -0.2) is 31.5 Å². The van der Waals surface area contributed by atoms with Gasteiger partial charge in [0.2, 0.25) is 5.88 Å². The number of aryl methyl sites for hydroxylation is 1.